The van der Waals surface area contributed by atoms with E-state index in [1.54, 1.807) is 17.7 Å². The normalized spacial score (nSPS) is 12.7. The van der Waals surface area contributed by atoms with Gasteiger partial charge in [-0.25, -0.2) is 4.79 Å². The van der Waals surface area contributed by atoms with Crippen molar-refractivity contribution in [3.05, 3.63) is 52.2 Å². The highest BCUT2D eigenvalue weighted by Crippen LogP contribution is 2.16. The Morgan fingerprint density at radius 3 is 2.75 bits per heavy atom. The molecule has 4 nitrogen and oxygen atoms in total. The monoisotopic (exact) mass is 218 g/mol. The van der Waals surface area contributed by atoms with Gasteiger partial charge >= 0.3 is 5.69 Å². The molecule has 1 aromatic heterocycles. The molecule has 2 rings (SSSR count). The molecule has 0 aliphatic heterocycles. The number of aryl methyl sites for hydroxylation is 1. The summed E-state index contributed by atoms with van der Waals surface area (Å²) in [4.78, 5) is 14.2. The van der Waals surface area contributed by atoms with Crippen LogP contribution in [0, 0.1) is 6.92 Å². The van der Waals surface area contributed by atoms with Gasteiger partial charge in [0.1, 0.15) is 0 Å². The van der Waals surface area contributed by atoms with Crippen molar-refractivity contribution in [2.45, 2.75) is 20.0 Å². The molecule has 4 heteroatoms. The van der Waals surface area contributed by atoms with Crippen LogP contribution in [0.25, 0.3) is 5.69 Å². The quantitative estimate of drug-likeness (QED) is 0.803. The van der Waals surface area contributed by atoms with Crippen LogP contribution >= 0.6 is 0 Å². The molecule has 0 saturated carbocycles. The Morgan fingerprint density at radius 2 is 2.19 bits per heavy atom. The Morgan fingerprint density at radius 1 is 1.44 bits per heavy atom. The van der Waals surface area contributed by atoms with E-state index < -0.39 is 6.10 Å². The number of aromatic nitrogens is 2. The number of benzene rings is 1. The summed E-state index contributed by atoms with van der Waals surface area (Å²) in [6.45, 7) is 3.55. The molecule has 2 N–H and O–H groups in total. The SMILES string of the molecule is Cc1c[nH]c(=O)n1-c1cccc(C(C)O)c1. The van der Waals surface area contributed by atoms with Crippen LogP contribution in [-0.4, -0.2) is 14.7 Å². The third-order valence-corrected chi connectivity index (χ3v) is 2.57. The van der Waals surface area contributed by atoms with Gasteiger partial charge in [-0.2, -0.15) is 0 Å². The van der Waals surface area contributed by atoms with Crippen molar-refractivity contribution in [2.24, 2.45) is 0 Å². The van der Waals surface area contributed by atoms with E-state index in [4.69, 9.17) is 0 Å². The fourth-order valence-corrected chi connectivity index (χ4v) is 1.70. The first kappa shape index (κ1) is 10.7. The maximum Gasteiger partial charge on any atom is 0.330 e. The number of nitrogens with zero attached hydrogens (tertiary/aromatic N) is 1. The average Bonchev–Trinajstić information content (AvgIpc) is 2.59. The molecule has 84 valence electrons. The molecule has 16 heavy (non-hydrogen) atoms. The number of aliphatic hydroxyl groups is 1. The Kier molecular flexibility index (Phi) is 2.66. The number of rotatable bonds is 2. The van der Waals surface area contributed by atoms with Gasteiger partial charge in [0.05, 0.1) is 11.8 Å². The van der Waals surface area contributed by atoms with Gasteiger partial charge in [-0.1, -0.05) is 12.1 Å². The summed E-state index contributed by atoms with van der Waals surface area (Å²) in [7, 11) is 0. The van der Waals surface area contributed by atoms with Crippen LogP contribution in [0.3, 0.4) is 0 Å². The highest BCUT2D eigenvalue weighted by atomic mass is 16.3. The molecular formula is C12H14N2O2. The second-order valence-electron chi connectivity index (χ2n) is 3.84. The summed E-state index contributed by atoms with van der Waals surface area (Å²) >= 11 is 0. The van der Waals surface area contributed by atoms with E-state index in [1.807, 2.05) is 31.2 Å². The molecule has 1 atom stereocenters. The fraction of sp³-hybridized carbons (Fsp3) is 0.250. The molecule has 0 radical (unpaired) electrons. The molecule has 2 aromatic rings. The fourth-order valence-electron chi connectivity index (χ4n) is 1.70. The molecule has 0 amide bonds. The number of aliphatic hydroxyl groups excluding tert-OH is 1. The number of nitrogens with one attached hydrogen (secondary N) is 1. The minimum Gasteiger partial charge on any atom is -0.389 e. The maximum atomic E-state index is 11.6. The number of imidazole rings is 1. The lowest BCUT2D eigenvalue weighted by Crippen LogP contribution is -2.16. The van der Waals surface area contributed by atoms with E-state index in [-0.39, 0.29) is 5.69 Å². The van der Waals surface area contributed by atoms with Crippen LogP contribution in [-0.2, 0) is 0 Å². The summed E-state index contributed by atoms with van der Waals surface area (Å²) in [5.41, 5.74) is 2.24. The highest BCUT2D eigenvalue weighted by molar-refractivity contribution is 5.37. The van der Waals surface area contributed by atoms with Gasteiger partial charge in [-0.05, 0) is 31.5 Å². The van der Waals surface area contributed by atoms with Gasteiger partial charge in [-0.3, -0.25) is 4.57 Å². The predicted octanol–water partition coefficient (Wildman–Crippen LogP) is 1.53. The molecule has 0 spiro atoms. The standard InChI is InChI=1S/C12H14N2O2/c1-8-7-13-12(16)14(8)11-5-3-4-10(6-11)9(2)15/h3-7,9,15H,1-2H3,(H,13,16). The zero-order valence-corrected chi connectivity index (χ0v) is 9.27. The molecule has 0 bridgehead atoms. The van der Waals surface area contributed by atoms with Crippen LogP contribution in [0.1, 0.15) is 24.3 Å². The van der Waals surface area contributed by atoms with Crippen LogP contribution in [0.4, 0.5) is 0 Å². The van der Waals surface area contributed by atoms with Crippen molar-refractivity contribution in [1.29, 1.82) is 0 Å². The topological polar surface area (TPSA) is 58.0 Å². The average molecular weight is 218 g/mol. The Labute approximate surface area is 93.2 Å². The zero-order chi connectivity index (χ0) is 11.7. The number of aromatic amines is 1. The van der Waals surface area contributed by atoms with Crippen molar-refractivity contribution < 1.29 is 5.11 Å². The van der Waals surface area contributed by atoms with Gasteiger partial charge in [0, 0.05) is 11.9 Å². The molecule has 1 heterocycles. The van der Waals surface area contributed by atoms with E-state index in [0.29, 0.717) is 0 Å². The Hall–Kier alpha value is -1.81. The summed E-state index contributed by atoms with van der Waals surface area (Å²) in [5, 5.41) is 9.49. The van der Waals surface area contributed by atoms with Crippen molar-refractivity contribution in [1.82, 2.24) is 9.55 Å². The number of H-pyrrole nitrogens is 1. The van der Waals surface area contributed by atoms with E-state index in [1.165, 1.54) is 0 Å². The molecule has 1 unspecified atom stereocenters. The van der Waals surface area contributed by atoms with Crippen LogP contribution in [0.15, 0.2) is 35.3 Å². The molecule has 1 aromatic carbocycles. The van der Waals surface area contributed by atoms with Gasteiger partial charge in [0.2, 0.25) is 0 Å². The van der Waals surface area contributed by atoms with E-state index in [9.17, 15) is 9.90 Å². The van der Waals surface area contributed by atoms with Gasteiger partial charge < -0.3 is 10.1 Å². The molecule has 0 fully saturated rings. The van der Waals surface area contributed by atoms with Gasteiger partial charge in [0.25, 0.3) is 0 Å². The van der Waals surface area contributed by atoms with E-state index >= 15 is 0 Å². The van der Waals surface area contributed by atoms with Crippen molar-refractivity contribution in [3.63, 3.8) is 0 Å². The summed E-state index contributed by atoms with van der Waals surface area (Å²) in [6.07, 6.45) is 1.13. The van der Waals surface area contributed by atoms with Crippen LogP contribution in [0.5, 0.6) is 0 Å². The highest BCUT2D eigenvalue weighted by Gasteiger charge is 2.07. The first-order chi connectivity index (χ1) is 7.59. The smallest absolute Gasteiger partial charge is 0.330 e. The van der Waals surface area contributed by atoms with Crippen molar-refractivity contribution in [3.8, 4) is 5.69 Å². The second-order valence-corrected chi connectivity index (χ2v) is 3.84. The van der Waals surface area contributed by atoms with Crippen LogP contribution < -0.4 is 5.69 Å². The predicted molar refractivity (Wildman–Crippen MR) is 61.8 cm³/mol. The minimum absolute atomic E-state index is 0.166. The largest absolute Gasteiger partial charge is 0.389 e. The molecule has 0 saturated heterocycles. The Balaban J connectivity index is 2.57. The molecule has 0 aliphatic rings. The lowest BCUT2D eigenvalue weighted by molar-refractivity contribution is 0.199. The summed E-state index contributed by atoms with van der Waals surface area (Å²) < 4.78 is 1.58. The third-order valence-electron chi connectivity index (χ3n) is 2.57. The van der Waals surface area contributed by atoms with Crippen LogP contribution in [0.2, 0.25) is 0 Å². The zero-order valence-electron chi connectivity index (χ0n) is 9.27. The molecule has 0 aliphatic carbocycles. The summed E-state index contributed by atoms with van der Waals surface area (Å²) in [6, 6.07) is 7.32. The second kappa shape index (κ2) is 3.98. The Bertz CT molecular complexity index is 552. The van der Waals surface area contributed by atoms with Crippen molar-refractivity contribution >= 4 is 0 Å². The first-order valence-corrected chi connectivity index (χ1v) is 5.15. The summed E-state index contributed by atoms with van der Waals surface area (Å²) in [5.74, 6) is 0. The van der Waals surface area contributed by atoms with Crippen molar-refractivity contribution in [2.75, 3.05) is 0 Å². The van der Waals surface area contributed by atoms with E-state index in [0.717, 1.165) is 16.9 Å². The molecular weight excluding hydrogens is 204 g/mol. The lowest BCUT2D eigenvalue weighted by atomic mass is 10.1. The first-order valence-electron chi connectivity index (χ1n) is 5.15. The van der Waals surface area contributed by atoms with E-state index in [2.05, 4.69) is 4.98 Å². The minimum atomic E-state index is -0.533. The maximum absolute atomic E-state index is 11.6. The number of hydrogen-bond acceptors (Lipinski definition) is 2. The van der Waals surface area contributed by atoms with Gasteiger partial charge in [-0.15, -0.1) is 0 Å². The third kappa shape index (κ3) is 1.79. The van der Waals surface area contributed by atoms with Gasteiger partial charge in [0.15, 0.2) is 0 Å². The lowest BCUT2D eigenvalue weighted by Gasteiger charge is -2.08. The number of hydrogen-bond donors (Lipinski definition) is 2.